The summed E-state index contributed by atoms with van der Waals surface area (Å²) in [6, 6.07) is 18.0. The Morgan fingerprint density at radius 1 is 0.826 bits per heavy atom. The first-order valence-corrected chi connectivity index (χ1v) is 8.56. The van der Waals surface area contributed by atoms with Gasteiger partial charge in [-0.1, -0.05) is 55.0 Å². The first-order valence-electron chi connectivity index (χ1n) is 8.56. The fraction of sp³-hybridized carbons (Fsp3) is 0.286. The molecule has 1 atom stereocenters. The summed E-state index contributed by atoms with van der Waals surface area (Å²) in [4.78, 5) is 4.26. The molecule has 0 N–H and O–H groups in total. The number of hydrogen-bond acceptors (Lipinski definition) is 1. The molecule has 0 saturated carbocycles. The van der Waals surface area contributed by atoms with Gasteiger partial charge < -0.3 is 4.57 Å². The molecule has 1 heterocycles. The normalized spacial score (nSPS) is 15.7. The predicted octanol–water partition coefficient (Wildman–Crippen LogP) is 4.79. The third-order valence-corrected chi connectivity index (χ3v) is 4.88. The van der Waals surface area contributed by atoms with E-state index in [1.165, 1.54) is 43.2 Å². The summed E-state index contributed by atoms with van der Waals surface area (Å²) in [7, 11) is 0. The number of fused-ring (bicyclic) bond motifs is 1. The van der Waals surface area contributed by atoms with Crippen molar-refractivity contribution in [3.8, 4) is 0 Å². The van der Waals surface area contributed by atoms with Crippen LogP contribution < -0.4 is 0 Å². The lowest BCUT2D eigenvalue weighted by atomic mass is 9.93. The van der Waals surface area contributed by atoms with Crippen LogP contribution >= 0.6 is 0 Å². The third-order valence-electron chi connectivity index (χ3n) is 4.88. The maximum Gasteiger partial charge on any atom is 0.0954 e. The monoisotopic (exact) mass is 302 g/mol. The second-order valence-corrected chi connectivity index (χ2v) is 6.41. The number of benzene rings is 2. The van der Waals surface area contributed by atoms with E-state index >= 15 is 0 Å². The Kier molecular flexibility index (Phi) is 3.97. The van der Waals surface area contributed by atoms with E-state index in [4.69, 9.17) is 0 Å². The molecule has 4 rings (SSSR count). The molecule has 1 aromatic heterocycles. The van der Waals surface area contributed by atoms with E-state index in [0.29, 0.717) is 0 Å². The van der Waals surface area contributed by atoms with Crippen molar-refractivity contribution < 1.29 is 0 Å². The van der Waals surface area contributed by atoms with E-state index in [2.05, 4.69) is 64.3 Å². The predicted molar refractivity (Wildman–Crippen MR) is 93.6 cm³/mol. The van der Waals surface area contributed by atoms with Crippen LogP contribution in [0.1, 0.15) is 47.6 Å². The lowest BCUT2D eigenvalue weighted by Crippen LogP contribution is -2.11. The van der Waals surface area contributed by atoms with Gasteiger partial charge in [0, 0.05) is 12.4 Å². The topological polar surface area (TPSA) is 17.8 Å². The lowest BCUT2D eigenvalue weighted by molar-refractivity contribution is 0.675. The molecule has 3 aromatic rings. The molecule has 0 radical (unpaired) electrons. The molecule has 1 unspecified atom stereocenters. The van der Waals surface area contributed by atoms with Crippen molar-refractivity contribution in [2.75, 3.05) is 0 Å². The Balaban J connectivity index is 1.79. The molecular formula is C21H22N2. The number of imidazole rings is 1. The standard InChI is InChI=1S/C21H22N2/c1-3-7-17-11-12-20(15-19(17)10-6-1)21(23-14-13-22-16-23)18-8-4-2-5-9-18/h2,4-5,8-9,11-16,21H,1,3,6-7,10H2. The van der Waals surface area contributed by atoms with Gasteiger partial charge in [-0.05, 0) is 47.9 Å². The Morgan fingerprint density at radius 3 is 2.43 bits per heavy atom. The van der Waals surface area contributed by atoms with E-state index in [1.807, 2.05) is 12.5 Å². The third kappa shape index (κ3) is 2.94. The molecule has 116 valence electrons. The molecule has 0 saturated heterocycles. The van der Waals surface area contributed by atoms with Crippen molar-refractivity contribution in [1.29, 1.82) is 0 Å². The average Bonchev–Trinajstić information content (AvgIpc) is 3.01. The van der Waals surface area contributed by atoms with Crippen molar-refractivity contribution in [2.45, 2.75) is 38.1 Å². The number of rotatable bonds is 3. The molecule has 2 aromatic carbocycles. The van der Waals surface area contributed by atoms with Crippen molar-refractivity contribution >= 4 is 0 Å². The average molecular weight is 302 g/mol. The van der Waals surface area contributed by atoms with Crippen LogP contribution in [0.5, 0.6) is 0 Å². The van der Waals surface area contributed by atoms with Crippen molar-refractivity contribution in [1.82, 2.24) is 9.55 Å². The highest BCUT2D eigenvalue weighted by Gasteiger charge is 2.17. The zero-order chi connectivity index (χ0) is 15.5. The van der Waals surface area contributed by atoms with Gasteiger partial charge in [0.05, 0.1) is 12.4 Å². The van der Waals surface area contributed by atoms with Crippen LogP contribution in [0.4, 0.5) is 0 Å². The summed E-state index contributed by atoms with van der Waals surface area (Å²) >= 11 is 0. The minimum atomic E-state index is 0.201. The largest absolute Gasteiger partial charge is 0.326 e. The highest BCUT2D eigenvalue weighted by molar-refractivity contribution is 5.39. The summed E-state index contributed by atoms with van der Waals surface area (Å²) in [6.45, 7) is 0. The fourth-order valence-electron chi connectivity index (χ4n) is 3.69. The highest BCUT2D eigenvalue weighted by atomic mass is 15.0. The Bertz CT molecular complexity index is 760. The van der Waals surface area contributed by atoms with Gasteiger partial charge in [0.2, 0.25) is 0 Å². The summed E-state index contributed by atoms with van der Waals surface area (Å²) < 4.78 is 2.20. The molecule has 1 aliphatic carbocycles. The number of nitrogens with zero attached hydrogens (tertiary/aromatic N) is 2. The highest BCUT2D eigenvalue weighted by Crippen LogP contribution is 2.30. The fourth-order valence-corrected chi connectivity index (χ4v) is 3.69. The summed E-state index contributed by atoms with van der Waals surface area (Å²) in [5.41, 5.74) is 5.75. The van der Waals surface area contributed by atoms with Crippen LogP contribution in [0.2, 0.25) is 0 Å². The van der Waals surface area contributed by atoms with Crippen LogP contribution in [0.3, 0.4) is 0 Å². The Hall–Kier alpha value is -2.35. The second kappa shape index (κ2) is 6.41. The van der Waals surface area contributed by atoms with Crippen molar-refractivity contribution in [3.63, 3.8) is 0 Å². The maximum atomic E-state index is 4.26. The summed E-state index contributed by atoms with van der Waals surface area (Å²) in [5.74, 6) is 0. The summed E-state index contributed by atoms with van der Waals surface area (Å²) in [6.07, 6.45) is 12.3. The zero-order valence-corrected chi connectivity index (χ0v) is 13.4. The van der Waals surface area contributed by atoms with Gasteiger partial charge in [0.25, 0.3) is 0 Å². The number of aromatic nitrogens is 2. The molecule has 2 heteroatoms. The van der Waals surface area contributed by atoms with Gasteiger partial charge in [-0.2, -0.15) is 0 Å². The maximum absolute atomic E-state index is 4.26. The minimum Gasteiger partial charge on any atom is -0.326 e. The van der Waals surface area contributed by atoms with E-state index < -0.39 is 0 Å². The molecule has 0 bridgehead atoms. The quantitative estimate of drug-likeness (QED) is 0.636. The SMILES string of the molecule is c1ccc(C(c2ccc3c(c2)CCCCC3)n2ccnc2)cc1. The van der Waals surface area contributed by atoms with Crippen LogP contribution in [0.15, 0.2) is 67.3 Å². The molecular weight excluding hydrogens is 280 g/mol. The van der Waals surface area contributed by atoms with Crippen LogP contribution in [-0.2, 0) is 12.8 Å². The Labute approximate surface area is 137 Å². The number of aryl methyl sites for hydroxylation is 2. The van der Waals surface area contributed by atoms with Gasteiger partial charge in [-0.15, -0.1) is 0 Å². The van der Waals surface area contributed by atoms with Crippen molar-refractivity contribution in [2.24, 2.45) is 0 Å². The smallest absolute Gasteiger partial charge is 0.0954 e. The van der Waals surface area contributed by atoms with Crippen LogP contribution in [0.25, 0.3) is 0 Å². The van der Waals surface area contributed by atoms with Gasteiger partial charge in [-0.3, -0.25) is 0 Å². The minimum absolute atomic E-state index is 0.201. The van der Waals surface area contributed by atoms with E-state index in [1.54, 1.807) is 11.1 Å². The van der Waals surface area contributed by atoms with E-state index in [9.17, 15) is 0 Å². The van der Waals surface area contributed by atoms with E-state index in [0.717, 1.165) is 0 Å². The summed E-state index contributed by atoms with van der Waals surface area (Å²) in [5, 5.41) is 0. The van der Waals surface area contributed by atoms with Crippen LogP contribution in [-0.4, -0.2) is 9.55 Å². The van der Waals surface area contributed by atoms with Gasteiger partial charge in [0.15, 0.2) is 0 Å². The first kappa shape index (κ1) is 14.3. The van der Waals surface area contributed by atoms with Gasteiger partial charge in [-0.25, -0.2) is 4.98 Å². The molecule has 0 amide bonds. The lowest BCUT2D eigenvalue weighted by Gasteiger charge is -2.21. The molecule has 0 spiro atoms. The molecule has 0 fully saturated rings. The molecule has 23 heavy (non-hydrogen) atoms. The van der Waals surface area contributed by atoms with Gasteiger partial charge in [0.1, 0.15) is 0 Å². The molecule has 2 nitrogen and oxygen atoms in total. The van der Waals surface area contributed by atoms with E-state index in [-0.39, 0.29) is 6.04 Å². The molecule has 1 aliphatic rings. The van der Waals surface area contributed by atoms with Gasteiger partial charge >= 0.3 is 0 Å². The Morgan fingerprint density at radius 2 is 1.65 bits per heavy atom. The van der Waals surface area contributed by atoms with Crippen LogP contribution in [0, 0.1) is 0 Å². The second-order valence-electron chi connectivity index (χ2n) is 6.41. The van der Waals surface area contributed by atoms with Crippen molar-refractivity contribution in [3.05, 3.63) is 89.5 Å². The zero-order valence-electron chi connectivity index (χ0n) is 13.4. The molecule has 0 aliphatic heterocycles. The number of hydrogen-bond donors (Lipinski definition) is 0. The first-order chi connectivity index (χ1) is 11.4.